The number of carbonyl (C=O) groups is 2. The Morgan fingerprint density at radius 3 is 2.55 bits per heavy atom. The Balaban J connectivity index is 1.35. The number of amides is 3. The minimum Gasteiger partial charge on any atom is -0.467 e. The minimum absolute atomic E-state index is 0.289. The molecule has 0 spiro atoms. The van der Waals surface area contributed by atoms with Crippen LogP contribution in [0.4, 0.5) is 16.2 Å². The number of H-pyrrole nitrogens is 1. The van der Waals surface area contributed by atoms with Crippen LogP contribution in [0.15, 0.2) is 65.7 Å². The van der Waals surface area contributed by atoms with Crippen LogP contribution in [0.1, 0.15) is 23.0 Å². The second-order valence-electron chi connectivity index (χ2n) is 6.66. The smallest absolute Gasteiger partial charge is 0.319 e. The van der Waals surface area contributed by atoms with Crippen LogP contribution in [0.3, 0.4) is 0 Å². The summed E-state index contributed by atoms with van der Waals surface area (Å²) in [5, 5.41) is 19.3. The maximum absolute atomic E-state index is 12.7. The minimum atomic E-state index is -0.358. The molecule has 0 atom stereocenters. The summed E-state index contributed by atoms with van der Waals surface area (Å²) in [6, 6.07) is 9.98. The predicted octanol–water partition coefficient (Wildman–Crippen LogP) is 3.46. The molecule has 3 heterocycles. The number of carbonyl (C=O) groups excluding carboxylic acids is 2. The number of hydrogen-bond acceptors (Lipinski definition) is 5. The standard InChI is InChI=1S/C21H21N7O3/c1-2-28-13-14(10-24-28)19-18(12-23-27-19)20(29)25-15-5-7-16(8-6-15)26-21(30)22-11-17-4-3-9-31-17/h3-10,12-13H,2,11H2,1H3,(H,23,27)(H,25,29)(H2,22,26,30). The summed E-state index contributed by atoms with van der Waals surface area (Å²) in [7, 11) is 0. The Kier molecular flexibility index (Phi) is 5.79. The SMILES string of the molecule is CCn1cc(-c2[nH]ncc2C(=O)Nc2ccc(NC(=O)NCc3ccco3)cc2)cn1. The number of aromatic nitrogens is 4. The van der Waals surface area contributed by atoms with Crippen molar-refractivity contribution in [3.63, 3.8) is 0 Å². The molecule has 0 radical (unpaired) electrons. The average molecular weight is 419 g/mol. The third-order valence-electron chi connectivity index (χ3n) is 4.53. The zero-order valence-electron chi connectivity index (χ0n) is 16.8. The average Bonchev–Trinajstić information content (AvgIpc) is 3.54. The van der Waals surface area contributed by atoms with Crippen molar-refractivity contribution in [1.29, 1.82) is 0 Å². The largest absolute Gasteiger partial charge is 0.467 e. The second-order valence-corrected chi connectivity index (χ2v) is 6.66. The van der Waals surface area contributed by atoms with Crippen molar-refractivity contribution in [2.45, 2.75) is 20.0 Å². The van der Waals surface area contributed by atoms with E-state index < -0.39 is 0 Å². The molecule has 0 bridgehead atoms. The van der Waals surface area contributed by atoms with Gasteiger partial charge in [0.15, 0.2) is 0 Å². The van der Waals surface area contributed by atoms with Crippen molar-refractivity contribution < 1.29 is 14.0 Å². The zero-order valence-corrected chi connectivity index (χ0v) is 16.8. The first kappa shape index (κ1) is 20.0. The summed E-state index contributed by atoms with van der Waals surface area (Å²) in [5.74, 6) is 0.360. The first-order valence-electron chi connectivity index (χ1n) is 9.67. The monoisotopic (exact) mass is 419 g/mol. The normalized spacial score (nSPS) is 10.6. The number of nitrogens with zero attached hydrogens (tertiary/aromatic N) is 3. The molecule has 158 valence electrons. The summed E-state index contributed by atoms with van der Waals surface area (Å²) < 4.78 is 6.94. The van der Waals surface area contributed by atoms with E-state index in [1.807, 2.05) is 13.1 Å². The molecule has 0 fully saturated rings. The Bertz CT molecular complexity index is 1160. The van der Waals surface area contributed by atoms with Gasteiger partial charge in [-0.05, 0) is 43.3 Å². The molecule has 0 aliphatic heterocycles. The van der Waals surface area contributed by atoms with E-state index in [1.54, 1.807) is 53.5 Å². The number of anilines is 2. The molecule has 4 N–H and O–H groups in total. The zero-order chi connectivity index (χ0) is 21.6. The lowest BCUT2D eigenvalue weighted by Crippen LogP contribution is -2.27. The number of hydrogen-bond donors (Lipinski definition) is 4. The van der Waals surface area contributed by atoms with Gasteiger partial charge in [-0.3, -0.25) is 14.6 Å². The van der Waals surface area contributed by atoms with Crippen LogP contribution in [-0.2, 0) is 13.1 Å². The third kappa shape index (κ3) is 4.81. The van der Waals surface area contributed by atoms with Crippen LogP contribution >= 0.6 is 0 Å². The summed E-state index contributed by atoms with van der Waals surface area (Å²) in [5.41, 5.74) is 2.97. The molecule has 10 heteroatoms. The number of aromatic amines is 1. The molecule has 1 aromatic carbocycles. The highest BCUT2D eigenvalue weighted by atomic mass is 16.3. The fraction of sp³-hybridized carbons (Fsp3) is 0.143. The maximum atomic E-state index is 12.7. The van der Waals surface area contributed by atoms with Crippen molar-refractivity contribution in [2.24, 2.45) is 0 Å². The fourth-order valence-corrected chi connectivity index (χ4v) is 2.94. The predicted molar refractivity (Wildman–Crippen MR) is 114 cm³/mol. The highest BCUT2D eigenvalue weighted by Crippen LogP contribution is 2.22. The number of aryl methyl sites for hydroxylation is 1. The van der Waals surface area contributed by atoms with Gasteiger partial charge >= 0.3 is 6.03 Å². The van der Waals surface area contributed by atoms with Crippen LogP contribution in [0.25, 0.3) is 11.3 Å². The number of benzene rings is 1. The summed E-state index contributed by atoms with van der Waals surface area (Å²) in [6.07, 6.45) is 6.56. The highest BCUT2D eigenvalue weighted by molar-refractivity contribution is 6.08. The summed E-state index contributed by atoms with van der Waals surface area (Å²) in [4.78, 5) is 24.7. The Labute approximate surface area is 177 Å². The Hall–Kier alpha value is -4.34. The van der Waals surface area contributed by atoms with Gasteiger partial charge < -0.3 is 20.4 Å². The van der Waals surface area contributed by atoms with Gasteiger partial charge in [-0.25, -0.2) is 4.79 Å². The van der Waals surface area contributed by atoms with E-state index in [0.717, 1.165) is 12.1 Å². The Morgan fingerprint density at radius 1 is 1.10 bits per heavy atom. The molecular formula is C21H21N7O3. The molecular weight excluding hydrogens is 398 g/mol. The molecule has 31 heavy (non-hydrogen) atoms. The lowest BCUT2D eigenvalue weighted by molar-refractivity contribution is 0.102. The summed E-state index contributed by atoms with van der Waals surface area (Å²) >= 11 is 0. The lowest BCUT2D eigenvalue weighted by Gasteiger charge is -2.09. The van der Waals surface area contributed by atoms with Crippen LogP contribution in [-0.4, -0.2) is 31.9 Å². The highest BCUT2D eigenvalue weighted by Gasteiger charge is 2.17. The van der Waals surface area contributed by atoms with E-state index in [2.05, 4.69) is 31.2 Å². The van der Waals surface area contributed by atoms with Crippen molar-refractivity contribution in [3.05, 3.63) is 72.6 Å². The fourth-order valence-electron chi connectivity index (χ4n) is 2.94. The van der Waals surface area contributed by atoms with Crippen molar-refractivity contribution in [3.8, 4) is 11.3 Å². The van der Waals surface area contributed by atoms with Gasteiger partial charge in [-0.1, -0.05) is 0 Å². The van der Waals surface area contributed by atoms with E-state index >= 15 is 0 Å². The molecule has 0 saturated heterocycles. The molecule has 4 rings (SSSR count). The first-order valence-corrected chi connectivity index (χ1v) is 9.67. The van der Waals surface area contributed by atoms with Gasteiger partial charge in [0.2, 0.25) is 0 Å². The van der Waals surface area contributed by atoms with Crippen LogP contribution in [0.5, 0.6) is 0 Å². The number of urea groups is 1. The van der Waals surface area contributed by atoms with Gasteiger partial charge in [0.1, 0.15) is 5.76 Å². The van der Waals surface area contributed by atoms with Crippen LogP contribution < -0.4 is 16.0 Å². The van der Waals surface area contributed by atoms with E-state index in [-0.39, 0.29) is 18.5 Å². The second kappa shape index (κ2) is 8.99. The molecule has 10 nitrogen and oxygen atoms in total. The lowest BCUT2D eigenvalue weighted by atomic mass is 10.1. The number of nitrogens with one attached hydrogen (secondary N) is 4. The summed E-state index contributed by atoms with van der Waals surface area (Å²) in [6.45, 7) is 3.01. The van der Waals surface area contributed by atoms with Gasteiger partial charge in [0.25, 0.3) is 5.91 Å². The van der Waals surface area contributed by atoms with E-state index in [4.69, 9.17) is 4.42 Å². The molecule has 0 saturated carbocycles. The van der Waals surface area contributed by atoms with E-state index in [1.165, 1.54) is 6.20 Å². The molecule has 4 aromatic rings. The van der Waals surface area contributed by atoms with E-state index in [0.29, 0.717) is 28.4 Å². The first-order chi connectivity index (χ1) is 15.1. The van der Waals surface area contributed by atoms with Gasteiger partial charge in [0, 0.05) is 29.7 Å². The van der Waals surface area contributed by atoms with Gasteiger partial charge in [-0.15, -0.1) is 0 Å². The maximum Gasteiger partial charge on any atom is 0.319 e. The quantitative estimate of drug-likeness (QED) is 0.364. The van der Waals surface area contributed by atoms with Gasteiger partial charge in [-0.2, -0.15) is 10.2 Å². The van der Waals surface area contributed by atoms with Crippen LogP contribution in [0, 0.1) is 0 Å². The molecule has 0 unspecified atom stereocenters. The molecule has 0 aliphatic rings. The molecule has 0 aliphatic carbocycles. The number of furan rings is 1. The van der Waals surface area contributed by atoms with Crippen molar-refractivity contribution >= 4 is 23.3 Å². The Morgan fingerprint density at radius 2 is 1.87 bits per heavy atom. The van der Waals surface area contributed by atoms with Crippen LogP contribution in [0.2, 0.25) is 0 Å². The molecule has 3 amide bonds. The topological polar surface area (TPSA) is 130 Å². The number of rotatable bonds is 7. The molecule has 3 aromatic heterocycles. The van der Waals surface area contributed by atoms with Crippen molar-refractivity contribution in [1.82, 2.24) is 25.3 Å². The third-order valence-corrected chi connectivity index (χ3v) is 4.53. The van der Waals surface area contributed by atoms with E-state index in [9.17, 15) is 9.59 Å². The van der Waals surface area contributed by atoms with Gasteiger partial charge in [0.05, 0.1) is 36.5 Å². The van der Waals surface area contributed by atoms with Crippen molar-refractivity contribution in [2.75, 3.05) is 10.6 Å².